The zero-order chi connectivity index (χ0) is 17.8. The van der Waals surface area contributed by atoms with Gasteiger partial charge in [0.05, 0.1) is 24.1 Å². The molecule has 6 nitrogen and oxygen atoms in total. The first-order chi connectivity index (χ1) is 12.1. The average molecular weight is 342 g/mol. The van der Waals surface area contributed by atoms with Gasteiger partial charge in [-0.05, 0) is 25.0 Å². The lowest BCUT2D eigenvalue weighted by atomic mass is 10.1. The van der Waals surface area contributed by atoms with Gasteiger partial charge in [0.2, 0.25) is 0 Å². The number of para-hydroxylation sites is 1. The van der Waals surface area contributed by atoms with Crippen molar-refractivity contribution in [3.63, 3.8) is 0 Å². The van der Waals surface area contributed by atoms with Gasteiger partial charge in [0, 0.05) is 38.4 Å². The van der Waals surface area contributed by atoms with Crippen LogP contribution in [0.25, 0.3) is 5.69 Å². The van der Waals surface area contributed by atoms with E-state index in [1.54, 1.807) is 17.1 Å². The van der Waals surface area contributed by atoms with Gasteiger partial charge in [-0.15, -0.1) is 0 Å². The van der Waals surface area contributed by atoms with Crippen molar-refractivity contribution in [2.45, 2.75) is 26.3 Å². The third-order valence-corrected chi connectivity index (χ3v) is 4.99. The summed E-state index contributed by atoms with van der Waals surface area (Å²) in [6, 6.07) is 8.18. The van der Waals surface area contributed by atoms with Gasteiger partial charge in [0.15, 0.2) is 0 Å². The molecule has 1 N–H and O–H groups in total. The van der Waals surface area contributed by atoms with Crippen LogP contribution >= 0.6 is 0 Å². The van der Waals surface area contributed by atoms with E-state index in [9.17, 15) is 9.90 Å². The van der Waals surface area contributed by atoms with Crippen LogP contribution in [0.3, 0.4) is 0 Å². The highest BCUT2D eigenvalue weighted by Crippen LogP contribution is 2.16. The molecule has 0 bridgehead atoms. The number of nitrogens with zero attached hydrogens (tertiary/aromatic N) is 4. The van der Waals surface area contributed by atoms with E-state index < -0.39 is 0 Å². The zero-order valence-corrected chi connectivity index (χ0v) is 14.9. The fourth-order valence-corrected chi connectivity index (χ4v) is 3.36. The van der Waals surface area contributed by atoms with E-state index >= 15 is 0 Å². The quantitative estimate of drug-likeness (QED) is 0.899. The van der Waals surface area contributed by atoms with Gasteiger partial charge in [-0.25, -0.2) is 4.68 Å². The molecule has 0 aliphatic carbocycles. The van der Waals surface area contributed by atoms with Crippen LogP contribution < -0.4 is 0 Å². The average Bonchev–Trinajstić information content (AvgIpc) is 3.13. The fraction of sp³-hybridized carbons (Fsp3) is 0.474. The third kappa shape index (κ3) is 3.75. The van der Waals surface area contributed by atoms with Crippen molar-refractivity contribution >= 4 is 5.91 Å². The Balaban J connectivity index is 1.66. The van der Waals surface area contributed by atoms with Crippen LogP contribution in [-0.2, 0) is 0 Å². The van der Waals surface area contributed by atoms with Crippen LogP contribution in [-0.4, -0.2) is 69.4 Å². The van der Waals surface area contributed by atoms with E-state index in [1.165, 1.54) is 0 Å². The van der Waals surface area contributed by atoms with E-state index in [4.69, 9.17) is 0 Å². The highest BCUT2D eigenvalue weighted by Gasteiger charge is 2.26. The van der Waals surface area contributed by atoms with Gasteiger partial charge >= 0.3 is 0 Å². The summed E-state index contributed by atoms with van der Waals surface area (Å²) < 4.78 is 1.76. The molecule has 1 amide bonds. The number of carbonyl (C=O) groups excluding carboxylic acids is 1. The number of benzene rings is 1. The van der Waals surface area contributed by atoms with Crippen molar-refractivity contribution in [2.24, 2.45) is 0 Å². The van der Waals surface area contributed by atoms with E-state index in [2.05, 4.69) is 16.9 Å². The van der Waals surface area contributed by atoms with Crippen LogP contribution in [0.1, 0.15) is 29.3 Å². The summed E-state index contributed by atoms with van der Waals surface area (Å²) in [4.78, 5) is 16.9. The minimum absolute atomic E-state index is 0.0246. The summed E-state index contributed by atoms with van der Waals surface area (Å²) in [5.41, 5.74) is 2.72. The normalized spacial score (nSPS) is 16.8. The van der Waals surface area contributed by atoms with Gasteiger partial charge in [-0.2, -0.15) is 5.10 Å². The smallest absolute Gasteiger partial charge is 0.257 e. The molecule has 1 saturated heterocycles. The van der Waals surface area contributed by atoms with Crippen LogP contribution in [0, 0.1) is 6.92 Å². The first kappa shape index (κ1) is 17.6. The van der Waals surface area contributed by atoms with E-state index in [1.807, 2.05) is 36.1 Å². The minimum atomic E-state index is 0.0246. The molecule has 1 atom stereocenters. The molecule has 0 radical (unpaired) electrons. The fourth-order valence-electron chi connectivity index (χ4n) is 3.36. The topological polar surface area (TPSA) is 61.6 Å². The van der Waals surface area contributed by atoms with Crippen molar-refractivity contribution < 1.29 is 9.90 Å². The lowest BCUT2D eigenvalue weighted by Crippen LogP contribution is -2.52. The third-order valence-electron chi connectivity index (χ3n) is 4.99. The number of aliphatic hydroxyl groups is 1. The summed E-state index contributed by atoms with van der Waals surface area (Å²) in [6.07, 6.45) is 4.37. The number of piperazine rings is 1. The predicted molar refractivity (Wildman–Crippen MR) is 96.9 cm³/mol. The molecule has 1 unspecified atom stereocenters. The lowest BCUT2D eigenvalue weighted by molar-refractivity contribution is 0.0472. The highest BCUT2D eigenvalue weighted by molar-refractivity contribution is 5.93. The Morgan fingerprint density at radius 3 is 2.60 bits per heavy atom. The van der Waals surface area contributed by atoms with Crippen LogP contribution in [0.2, 0.25) is 0 Å². The first-order valence-corrected chi connectivity index (χ1v) is 8.89. The molecule has 0 saturated carbocycles. The van der Waals surface area contributed by atoms with Crippen molar-refractivity contribution in [2.75, 3.05) is 32.8 Å². The van der Waals surface area contributed by atoms with Gasteiger partial charge in [0.25, 0.3) is 5.91 Å². The second kappa shape index (κ2) is 7.80. The summed E-state index contributed by atoms with van der Waals surface area (Å²) in [5, 5.41) is 13.8. The minimum Gasteiger partial charge on any atom is -0.395 e. The molecule has 2 heterocycles. The van der Waals surface area contributed by atoms with E-state index in [-0.39, 0.29) is 18.6 Å². The Hall–Kier alpha value is -2.18. The summed E-state index contributed by atoms with van der Waals surface area (Å²) in [6.45, 7) is 7.26. The maximum atomic E-state index is 12.7. The number of aliphatic hydroxyl groups excluding tert-OH is 1. The molecule has 1 aromatic heterocycles. The SMILES string of the molecule is CCC(CO)N1CCN(C(=O)c2cnn(-c3ccccc3C)c2)CC1. The lowest BCUT2D eigenvalue weighted by Gasteiger charge is -2.38. The largest absolute Gasteiger partial charge is 0.395 e. The molecule has 2 aromatic rings. The van der Waals surface area contributed by atoms with Crippen LogP contribution in [0.5, 0.6) is 0 Å². The molecule has 1 aliphatic heterocycles. The van der Waals surface area contributed by atoms with Crippen molar-refractivity contribution in [3.8, 4) is 5.69 Å². The molecule has 0 spiro atoms. The summed E-state index contributed by atoms with van der Waals surface area (Å²) >= 11 is 0. The molecule has 1 fully saturated rings. The summed E-state index contributed by atoms with van der Waals surface area (Å²) in [5.74, 6) is 0.0246. The maximum absolute atomic E-state index is 12.7. The highest BCUT2D eigenvalue weighted by atomic mass is 16.3. The van der Waals surface area contributed by atoms with Crippen molar-refractivity contribution in [1.29, 1.82) is 0 Å². The standard InChI is InChI=1S/C19H26N4O2/c1-3-17(14-24)21-8-10-22(11-9-21)19(25)16-12-20-23(13-16)18-7-5-4-6-15(18)2/h4-7,12-13,17,24H,3,8-11,14H2,1-2H3. The predicted octanol–water partition coefficient (Wildman–Crippen LogP) is 1.71. The van der Waals surface area contributed by atoms with E-state index in [0.29, 0.717) is 18.7 Å². The molecule has 1 aliphatic rings. The monoisotopic (exact) mass is 342 g/mol. The number of hydrogen-bond acceptors (Lipinski definition) is 4. The Bertz CT molecular complexity index is 716. The molecule has 1 aromatic carbocycles. The zero-order valence-electron chi connectivity index (χ0n) is 14.9. The summed E-state index contributed by atoms with van der Waals surface area (Å²) in [7, 11) is 0. The first-order valence-electron chi connectivity index (χ1n) is 8.89. The van der Waals surface area contributed by atoms with Gasteiger partial charge in [-0.1, -0.05) is 25.1 Å². The Morgan fingerprint density at radius 2 is 1.96 bits per heavy atom. The van der Waals surface area contributed by atoms with Crippen molar-refractivity contribution in [3.05, 3.63) is 47.8 Å². The number of aryl methyl sites for hydroxylation is 1. The second-order valence-corrected chi connectivity index (χ2v) is 6.53. The number of aromatic nitrogens is 2. The Morgan fingerprint density at radius 1 is 1.24 bits per heavy atom. The molecule has 134 valence electrons. The van der Waals surface area contributed by atoms with E-state index in [0.717, 1.165) is 30.8 Å². The molecule has 6 heteroatoms. The molecular formula is C19H26N4O2. The Kier molecular flexibility index (Phi) is 5.50. The van der Waals surface area contributed by atoms with Gasteiger partial charge in [0.1, 0.15) is 0 Å². The second-order valence-electron chi connectivity index (χ2n) is 6.53. The number of rotatable bonds is 5. The van der Waals surface area contributed by atoms with Crippen LogP contribution in [0.4, 0.5) is 0 Å². The van der Waals surface area contributed by atoms with Crippen LogP contribution in [0.15, 0.2) is 36.7 Å². The molecule has 25 heavy (non-hydrogen) atoms. The number of carbonyl (C=O) groups is 1. The van der Waals surface area contributed by atoms with Crippen molar-refractivity contribution in [1.82, 2.24) is 19.6 Å². The van der Waals surface area contributed by atoms with Gasteiger partial charge < -0.3 is 10.0 Å². The Labute approximate surface area is 148 Å². The number of hydrogen-bond donors (Lipinski definition) is 1. The maximum Gasteiger partial charge on any atom is 0.257 e. The molecular weight excluding hydrogens is 316 g/mol. The number of amides is 1. The van der Waals surface area contributed by atoms with Gasteiger partial charge in [-0.3, -0.25) is 9.69 Å². The molecule has 3 rings (SSSR count).